The third-order valence-electron chi connectivity index (χ3n) is 0. The van der Waals surface area contributed by atoms with Crippen molar-refractivity contribution in [2.75, 3.05) is 0 Å². The van der Waals surface area contributed by atoms with Crippen LogP contribution in [-0.2, 0) is 0 Å². The monoisotopic (exact) mass is 328 g/mol. The molecule has 0 saturated carbocycles. The van der Waals surface area contributed by atoms with E-state index in [4.69, 9.17) is 34.8 Å². The predicted molar refractivity (Wildman–Crippen MR) is 30.2 cm³/mol. The van der Waals surface area contributed by atoms with Gasteiger partial charge in [0.25, 0.3) is 0 Å². The molecular weight excluding hydrogens is 326 g/mol. The second kappa shape index (κ2) is 2.19. The van der Waals surface area contributed by atoms with Crippen molar-refractivity contribution in [2.45, 2.75) is 1.35 Å². The average Bonchev–Trinajstić information content (AvgIpc) is 0.722. The first kappa shape index (κ1) is 6.79. The van der Waals surface area contributed by atoms with E-state index < -0.39 is 1.35 Å². The number of rotatable bonds is 0. The van der Waals surface area contributed by atoms with Crippen molar-refractivity contribution in [1.29, 1.82) is 0 Å². The van der Waals surface area contributed by atoms with Crippen molar-refractivity contribution >= 4 is 60.6 Å². The number of halogens is 3. The fourth-order valence-electron chi connectivity index (χ4n) is 0. The van der Waals surface area contributed by atoms with Crippen molar-refractivity contribution in [2.24, 2.45) is 0 Å². The molecule has 0 nitrogen and oxygen atoms in total. The van der Waals surface area contributed by atoms with Crippen LogP contribution in [0.3, 0.4) is 0 Å². The first-order valence-electron chi connectivity index (χ1n) is 1.07. The predicted octanol–water partition coefficient (Wildman–Crippen LogP) is 0.679. The molecule has 0 saturated heterocycles. The van der Waals surface area contributed by atoms with Crippen molar-refractivity contribution < 1.29 is 0 Å². The molecule has 0 aromatic heterocycles. The van der Waals surface area contributed by atoms with Gasteiger partial charge in [-0.1, -0.05) is 0 Å². The van der Waals surface area contributed by atoms with Crippen LogP contribution in [0.15, 0.2) is 0 Å². The summed E-state index contributed by atoms with van der Waals surface area (Å²) < 4.78 is -0.861. The molecule has 5 heavy (non-hydrogen) atoms. The Morgan fingerprint density at radius 3 is 1.20 bits per heavy atom. The molecule has 0 amide bonds. The number of hydrogen-bond donors (Lipinski definition) is 0. The summed E-state index contributed by atoms with van der Waals surface area (Å²) in [5.74, 6) is 0. The summed E-state index contributed by atoms with van der Waals surface area (Å²) >= 11 is 15.6. The Morgan fingerprint density at radius 2 is 1.20 bits per heavy atom. The van der Waals surface area contributed by atoms with Gasteiger partial charge in [-0.2, -0.15) is 0 Å². The van der Waals surface area contributed by atoms with Crippen LogP contribution in [0.1, 0.15) is 0 Å². The van der Waals surface area contributed by atoms with Gasteiger partial charge >= 0.3 is 61.9 Å². The van der Waals surface area contributed by atoms with E-state index in [1.54, 1.807) is 0 Å². The summed E-state index contributed by atoms with van der Waals surface area (Å²) in [4.78, 5) is 0. The van der Waals surface area contributed by atoms with E-state index in [0.717, 1.165) is 0 Å². The molecular formula is CH3Cl3Pb. The molecule has 0 aromatic rings. The van der Waals surface area contributed by atoms with Gasteiger partial charge in [0.2, 0.25) is 0 Å². The number of alkyl halides is 3. The fourth-order valence-corrected chi connectivity index (χ4v) is 0. The maximum atomic E-state index is 5.16. The quantitative estimate of drug-likeness (QED) is 0.453. The summed E-state index contributed by atoms with van der Waals surface area (Å²) in [5.41, 5.74) is 0. The van der Waals surface area contributed by atoms with E-state index in [2.05, 4.69) is 0 Å². The van der Waals surface area contributed by atoms with Gasteiger partial charge in [-0.15, -0.1) is 0 Å². The molecule has 0 aliphatic heterocycles. The molecule has 0 atom stereocenters. The van der Waals surface area contributed by atoms with Crippen molar-refractivity contribution in [3.05, 3.63) is 0 Å². The normalized spacial score (nSPS) is 12.6. The van der Waals surface area contributed by atoms with Crippen LogP contribution in [0.5, 0.6) is 0 Å². The SMILES string of the molecule is Cl[C](Cl)(Cl)[PbH3]. The summed E-state index contributed by atoms with van der Waals surface area (Å²) in [6.45, 7) is 0. The molecule has 0 radical (unpaired) electrons. The second-order valence-electron chi connectivity index (χ2n) is 0.781. The van der Waals surface area contributed by atoms with Gasteiger partial charge in [-0.3, -0.25) is 0 Å². The standard InChI is InChI=1S/CCl3.Pb.3H/c2-1(3)4;;;;. The summed E-state index contributed by atoms with van der Waals surface area (Å²) in [6, 6.07) is 0. The Balaban J connectivity index is 3.02. The molecule has 4 heteroatoms. The van der Waals surface area contributed by atoms with Crippen molar-refractivity contribution in [1.82, 2.24) is 0 Å². The Hall–Kier alpha value is 1.79. The minimum absolute atomic E-state index is 0.0764. The second-order valence-corrected chi connectivity index (χ2v) is 16.9. The third-order valence-corrected chi connectivity index (χ3v) is 0. The zero-order chi connectivity index (χ0) is 4.50. The van der Waals surface area contributed by atoms with Crippen LogP contribution in [0.25, 0.3) is 0 Å². The Kier molecular flexibility index (Phi) is 2.98. The number of hydrogen-bond acceptors (Lipinski definition) is 0. The molecule has 32 valence electrons. The van der Waals surface area contributed by atoms with Gasteiger partial charge in [0, 0.05) is 0 Å². The first-order valence-corrected chi connectivity index (χ1v) is 6.09. The summed E-state index contributed by atoms with van der Waals surface area (Å²) in [5, 5.41) is 0. The molecule has 0 unspecified atom stereocenters. The van der Waals surface area contributed by atoms with E-state index in [9.17, 15) is 0 Å². The topological polar surface area (TPSA) is 0 Å². The molecule has 0 spiro atoms. The molecule has 0 fully saturated rings. The Labute approximate surface area is 61.5 Å². The van der Waals surface area contributed by atoms with Crippen LogP contribution in [0.4, 0.5) is 0 Å². The van der Waals surface area contributed by atoms with Crippen LogP contribution in [-0.4, -0.2) is 27.1 Å². The molecule has 0 rings (SSSR count). The van der Waals surface area contributed by atoms with Crippen LogP contribution in [0.2, 0.25) is 0 Å². The zero-order valence-electron chi connectivity index (χ0n) is 2.63. The van der Waals surface area contributed by atoms with E-state index in [1.807, 2.05) is 0 Å². The Morgan fingerprint density at radius 1 is 1.20 bits per heavy atom. The van der Waals surface area contributed by atoms with E-state index in [1.165, 1.54) is 0 Å². The summed E-state index contributed by atoms with van der Waals surface area (Å²) in [6.07, 6.45) is 0. The van der Waals surface area contributed by atoms with Crippen LogP contribution in [0, 0.1) is 0 Å². The van der Waals surface area contributed by atoms with Gasteiger partial charge in [0.05, 0.1) is 0 Å². The molecule has 0 N–H and O–H groups in total. The van der Waals surface area contributed by atoms with Crippen molar-refractivity contribution in [3.8, 4) is 0 Å². The van der Waals surface area contributed by atoms with E-state index in [-0.39, 0.29) is 25.8 Å². The Bertz CT molecular complexity index is 22.4. The first-order chi connectivity index (χ1) is 2.00. The molecule has 0 aromatic carbocycles. The van der Waals surface area contributed by atoms with Gasteiger partial charge in [-0.05, 0) is 0 Å². The fraction of sp³-hybridized carbons (Fsp3) is 1.00. The maximum absolute atomic E-state index is 5.16. The molecule has 0 heterocycles. The third kappa shape index (κ3) is 25.9. The van der Waals surface area contributed by atoms with Gasteiger partial charge in [0.1, 0.15) is 0 Å². The van der Waals surface area contributed by atoms with Gasteiger partial charge < -0.3 is 0 Å². The van der Waals surface area contributed by atoms with E-state index in [0.29, 0.717) is 0 Å². The molecule has 0 aliphatic carbocycles. The van der Waals surface area contributed by atoms with Crippen LogP contribution >= 0.6 is 34.8 Å². The summed E-state index contributed by atoms with van der Waals surface area (Å²) in [7, 11) is 0. The van der Waals surface area contributed by atoms with Gasteiger partial charge in [-0.25, -0.2) is 0 Å². The molecule has 0 aliphatic rings. The van der Waals surface area contributed by atoms with Crippen molar-refractivity contribution in [3.63, 3.8) is 0 Å². The minimum atomic E-state index is -0.861. The van der Waals surface area contributed by atoms with E-state index >= 15 is 0 Å². The van der Waals surface area contributed by atoms with Gasteiger partial charge in [0.15, 0.2) is 0 Å². The molecule has 0 bridgehead atoms. The van der Waals surface area contributed by atoms with Crippen LogP contribution < -0.4 is 0 Å². The zero-order valence-corrected chi connectivity index (χ0v) is 12.7. The average molecular weight is 329 g/mol.